The Labute approximate surface area is 92.0 Å². The van der Waals surface area contributed by atoms with E-state index >= 15 is 0 Å². The Morgan fingerprint density at radius 3 is 2.94 bits per heavy atom. The number of imide groups is 1. The molecule has 7 heteroatoms. The summed E-state index contributed by atoms with van der Waals surface area (Å²) in [4.78, 5) is 23.8. The molecule has 3 amide bonds. The first-order valence-electron chi connectivity index (χ1n) is 5.16. The van der Waals surface area contributed by atoms with E-state index in [0.29, 0.717) is 0 Å². The van der Waals surface area contributed by atoms with Crippen LogP contribution in [-0.2, 0) is 9.53 Å². The molecule has 2 saturated heterocycles. The first-order valence-corrected chi connectivity index (χ1v) is 5.16. The van der Waals surface area contributed by atoms with E-state index in [9.17, 15) is 14.7 Å². The lowest BCUT2D eigenvalue weighted by atomic mass is 10.2. The van der Waals surface area contributed by atoms with E-state index in [0.717, 1.165) is 0 Å². The van der Waals surface area contributed by atoms with Crippen LogP contribution in [-0.4, -0.2) is 58.6 Å². The number of hydrogen-bond donors (Lipinski definition) is 3. The van der Waals surface area contributed by atoms with Crippen LogP contribution in [0.1, 0.15) is 12.8 Å². The molecule has 2 aliphatic rings. The smallest absolute Gasteiger partial charge is 0.326 e. The summed E-state index contributed by atoms with van der Waals surface area (Å²) < 4.78 is 5.32. The molecule has 2 fully saturated rings. The molecule has 16 heavy (non-hydrogen) atoms. The number of carbonyl (C=O) groups excluding carboxylic acids is 2. The molecular weight excluding hydrogens is 218 g/mol. The third kappa shape index (κ3) is 2.01. The fourth-order valence-corrected chi connectivity index (χ4v) is 1.92. The summed E-state index contributed by atoms with van der Waals surface area (Å²) in [6.07, 6.45) is -1.52. The molecule has 2 rings (SSSR count). The number of nitrogens with one attached hydrogen (secondary N) is 1. The Morgan fingerprint density at radius 1 is 1.62 bits per heavy atom. The number of hydrogen-bond acceptors (Lipinski definition) is 5. The lowest BCUT2D eigenvalue weighted by molar-refractivity contribution is -0.123. The van der Waals surface area contributed by atoms with Crippen LogP contribution in [0.15, 0.2) is 0 Å². The first-order chi connectivity index (χ1) is 7.61. The van der Waals surface area contributed by atoms with Gasteiger partial charge in [-0.05, 0) is 0 Å². The van der Waals surface area contributed by atoms with Gasteiger partial charge in [0.2, 0.25) is 5.91 Å². The zero-order valence-corrected chi connectivity index (χ0v) is 8.63. The summed E-state index contributed by atoms with van der Waals surface area (Å²) in [5.41, 5.74) is 0. The average Bonchev–Trinajstić information content (AvgIpc) is 2.59. The van der Waals surface area contributed by atoms with E-state index < -0.39 is 24.5 Å². The highest BCUT2D eigenvalue weighted by atomic mass is 16.6. The maximum absolute atomic E-state index is 11.5. The Hall–Kier alpha value is -1.18. The molecule has 3 N–H and O–H groups in total. The molecule has 0 aromatic rings. The molecular formula is C9H14N2O5. The van der Waals surface area contributed by atoms with Gasteiger partial charge < -0.3 is 14.9 Å². The SMILES string of the molecule is O=C1CCN(C2CC(O)C(CO)O2)[14C](=O)N1. The lowest BCUT2D eigenvalue weighted by Gasteiger charge is -2.31. The van der Waals surface area contributed by atoms with Crippen molar-refractivity contribution < 1.29 is 24.5 Å². The van der Waals surface area contributed by atoms with E-state index in [-0.39, 0.29) is 31.9 Å². The van der Waals surface area contributed by atoms with Crippen molar-refractivity contribution in [1.29, 1.82) is 0 Å². The van der Waals surface area contributed by atoms with Crippen molar-refractivity contribution in [2.24, 2.45) is 0 Å². The number of carbonyl (C=O) groups is 2. The van der Waals surface area contributed by atoms with Crippen molar-refractivity contribution >= 4 is 11.9 Å². The third-order valence-corrected chi connectivity index (χ3v) is 2.82. The van der Waals surface area contributed by atoms with Gasteiger partial charge in [0.1, 0.15) is 12.3 Å². The van der Waals surface area contributed by atoms with Crippen molar-refractivity contribution in [3.63, 3.8) is 0 Å². The second kappa shape index (κ2) is 4.36. The standard InChI is InChI=1S/C9H14N2O5/c12-4-6-5(13)3-8(16-6)11-2-1-7(14)10-9(11)15/h5-6,8,12-13H,1-4H2,(H,10,14,15)/i9+2. The first kappa shape index (κ1) is 11.3. The summed E-state index contributed by atoms with van der Waals surface area (Å²) in [7, 11) is 0. The van der Waals surface area contributed by atoms with E-state index in [4.69, 9.17) is 9.84 Å². The Bertz CT molecular complexity index is 308. The van der Waals surface area contributed by atoms with Gasteiger partial charge in [-0.3, -0.25) is 15.0 Å². The van der Waals surface area contributed by atoms with Gasteiger partial charge in [-0.1, -0.05) is 0 Å². The Kier molecular flexibility index (Phi) is 3.08. The van der Waals surface area contributed by atoms with E-state index in [2.05, 4.69) is 5.32 Å². The predicted molar refractivity (Wildman–Crippen MR) is 51.2 cm³/mol. The van der Waals surface area contributed by atoms with Crippen molar-refractivity contribution in [2.45, 2.75) is 31.3 Å². The molecule has 0 radical (unpaired) electrons. The van der Waals surface area contributed by atoms with Gasteiger partial charge in [0.15, 0.2) is 0 Å². The maximum atomic E-state index is 11.5. The number of ether oxygens (including phenoxy) is 1. The van der Waals surface area contributed by atoms with Crippen LogP contribution in [0, 0.1) is 0 Å². The molecule has 3 unspecified atom stereocenters. The monoisotopic (exact) mass is 232 g/mol. The molecule has 2 heterocycles. The molecule has 0 aromatic heterocycles. The van der Waals surface area contributed by atoms with Gasteiger partial charge >= 0.3 is 6.03 Å². The van der Waals surface area contributed by atoms with Crippen LogP contribution in [0.5, 0.6) is 0 Å². The summed E-state index contributed by atoms with van der Waals surface area (Å²) in [5.74, 6) is -0.307. The van der Waals surface area contributed by atoms with E-state index in [1.165, 1.54) is 4.90 Å². The molecule has 0 bridgehead atoms. The Balaban J connectivity index is 1.98. The van der Waals surface area contributed by atoms with Crippen LogP contribution < -0.4 is 5.32 Å². The molecule has 0 aliphatic carbocycles. The molecule has 90 valence electrons. The van der Waals surface area contributed by atoms with Crippen LogP contribution in [0.4, 0.5) is 4.79 Å². The van der Waals surface area contributed by atoms with Crippen molar-refractivity contribution in [1.82, 2.24) is 10.2 Å². The van der Waals surface area contributed by atoms with Gasteiger partial charge in [-0.2, -0.15) is 0 Å². The number of aliphatic hydroxyl groups excluding tert-OH is 2. The number of urea groups is 1. The highest BCUT2D eigenvalue weighted by molar-refractivity contribution is 5.96. The quantitative estimate of drug-likeness (QED) is 0.532. The van der Waals surface area contributed by atoms with E-state index in [1.54, 1.807) is 0 Å². The highest BCUT2D eigenvalue weighted by Crippen LogP contribution is 2.24. The minimum absolute atomic E-state index is 0.228. The van der Waals surface area contributed by atoms with Gasteiger partial charge in [-0.25, -0.2) is 4.79 Å². The molecule has 0 spiro atoms. The number of amides is 3. The normalized spacial score (nSPS) is 35.4. The highest BCUT2D eigenvalue weighted by Gasteiger charge is 2.40. The molecule has 3 atom stereocenters. The van der Waals surface area contributed by atoms with Gasteiger partial charge in [-0.15, -0.1) is 0 Å². The summed E-state index contributed by atoms with van der Waals surface area (Å²) >= 11 is 0. The second-order valence-electron chi connectivity index (χ2n) is 3.91. The van der Waals surface area contributed by atoms with Crippen molar-refractivity contribution in [2.75, 3.05) is 13.2 Å². The minimum Gasteiger partial charge on any atom is -0.394 e. The molecule has 7 nitrogen and oxygen atoms in total. The van der Waals surface area contributed by atoms with Gasteiger partial charge in [0.05, 0.1) is 12.7 Å². The third-order valence-electron chi connectivity index (χ3n) is 2.82. The molecule has 2 aliphatic heterocycles. The zero-order chi connectivity index (χ0) is 11.7. The van der Waals surface area contributed by atoms with Crippen LogP contribution >= 0.6 is 0 Å². The fraction of sp³-hybridized carbons (Fsp3) is 0.778. The van der Waals surface area contributed by atoms with Gasteiger partial charge in [0, 0.05) is 19.4 Å². The van der Waals surface area contributed by atoms with Crippen molar-refractivity contribution in [3.05, 3.63) is 0 Å². The molecule has 0 aromatic carbocycles. The fourth-order valence-electron chi connectivity index (χ4n) is 1.92. The maximum Gasteiger partial charge on any atom is 0.326 e. The topological polar surface area (TPSA) is 99.1 Å². The van der Waals surface area contributed by atoms with Gasteiger partial charge in [0.25, 0.3) is 0 Å². The summed E-state index contributed by atoms with van der Waals surface area (Å²) in [6.45, 7) is -0.00768. The molecule has 0 saturated carbocycles. The predicted octanol–water partition coefficient (Wildman–Crippen LogP) is -1.60. The lowest BCUT2D eigenvalue weighted by Crippen LogP contribution is -2.53. The van der Waals surface area contributed by atoms with Crippen molar-refractivity contribution in [3.8, 4) is 0 Å². The largest absolute Gasteiger partial charge is 0.394 e. The average molecular weight is 232 g/mol. The number of aliphatic hydroxyl groups is 2. The van der Waals surface area contributed by atoms with Crippen LogP contribution in [0.2, 0.25) is 0 Å². The second-order valence-corrected chi connectivity index (χ2v) is 3.91. The summed E-state index contributed by atoms with van der Waals surface area (Å²) in [6, 6.07) is -0.507. The number of nitrogens with zero attached hydrogens (tertiary/aromatic N) is 1. The van der Waals surface area contributed by atoms with Crippen LogP contribution in [0.25, 0.3) is 0 Å². The minimum atomic E-state index is -0.777. The Morgan fingerprint density at radius 2 is 2.38 bits per heavy atom. The number of rotatable bonds is 2. The summed E-state index contributed by atoms with van der Waals surface area (Å²) in [5, 5.41) is 20.6. The van der Waals surface area contributed by atoms with E-state index in [1.807, 2.05) is 0 Å². The zero-order valence-electron chi connectivity index (χ0n) is 8.63. The van der Waals surface area contributed by atoms with Crippen LogP contribution in [0.3, 0.4) is 0 Å².